The molecule has 5 heteroatoms. The van der Waals surface area contributed by atoms with Gasteiger partial charge in [0.25, 0.3) is 0 Å². The van der Waals surface area contributed by atoms with Gasteiger partial charge >= 0.3 is 0 Å². The second kappa shape index (κ2) is 7.84. The molecule has 1 saturated heterocycles. The molecule has 1 aliphatic heterocycles. The fourth-order valence-corrected chi connectivity index (χ4v) is 5.03. The highest BCUT2D eigenvalue weighted by molar-refractivity contribution is 8.00. The topological polar surface area (TPSA) is 28.2 Å². The SMILES string of the molecule is CCCNCc1sc(N2CCSC(C)C2C)nc1C(C)C. The summed E-state index contributed by atoms with van der Waals surface area (Å²) in [4.78, 5) is 8.93. The van der Waals surface area contributed by atoms with Crippen molar-refractivity contribution in [2.24, 2.45) is 0 Å². The van der Waals surface area contributed by atoms with Gasteiger partial charge in [-0.15, -0.1) is 11.3 Å². The fourth-order valence-electron chi connectivity index (χ4n) is 2.63. The van der Waals surface area contributed by atoms with Crippen molar-refractivity contribution in [1.29, 1.82) is 0 Å². The first-order valence-electron chi connectivity index (χ1n) is 8.13. The normalized spacial score (nSPS) is 23.0. The molecule has 3 nitrogen and oxygen atoms in total. The predicted molar refractivity (Wildman–Crippen MR) is 96.9 cm³/mol. The average molecular weight is 328 g/mol. The van der Waals surface area contributed by atoms with E-state index < -0.39 is 0 Å². The van der Waals surface area contributed by atoms with Gasteiger partial charge in [0.1, 0.15) is 0 Å². The molecule has 0 aliphatic carbocycles. The molecular formula is C16H29N3S2. The van der Waals surface area contributed by atoms with E-state index in [0.29, 0.717) is 17.2 Å². The number of nitrogens with one attached hydrogen (secondary N) is 1. The summed E-state index contributed by atoms with van der Waals surface area (Å²) in [5.74, 6) is 1.71. The molecule has 0 radical (unpaired) electrons. The summed E-state index contributed by atoms with van der Waals surface area (Å²) >= 11 is 3.98. The van der Waals surface area contributed by atoms with Gasteiger partial charge in [0.15, 0.2) is 5.13 Å². The van der Waals surface area contributed by atoms with Gasteiger partial charge in [-0.25, -0.2) is 4.98 Å². The summed E-state index contributed by atoms with van der Waals surface area (Å²) in [5, 5.41) is 5.45. The maximum absolute atomic E-state index is 4.99. The largest absolute Gasteiger partial charge is 0.343 e. The minimum Gasteiger partial charge on any atom is -0.343 e. The number of aromatic nitrogens is 1. The minimum atomic E-state index is 0.500. The number of hydrogen-bond donors (Lipinski definition) is 1. The molecule has 2 rings (SSSR count). The molecule has 1 aromatic rings. The summed E-state index contributed by atoms with van der Waals surface area (Å²) in [7, 11) is 0. The van der Waals surface area contributed by atoms with Crippen LogP contribution < -0.4 is 10.2 Å². The highest BCUT2D eigenvalue weighted by Crippen LogP contribution is 2.35. The molecular weight excluding hydrogens is 298 g/mol. The zero-order chi connectivity index (χ0) is 15.4. The lowest BCUT2D eigenvalue weighted by Gasteiger charge is -2.37. The number of thiazole rings is 1. The van der Waals surface area contributed by atoms with Crippen molar-refractivity contribution in [1.82, 2.24) is 10.3 Å². The molecule has 1 fully saturated rings. The van der Waals surface area contributed by atoms with Gasteiger partial charge in [0.05, 0.1) is 5.69 Å². The molecule has 2 atom stereocenters. The summed E-state index contributed by atoms with van der Waals surface area (Å²) in [5.41, 5.74) is 1.29. The van der Waals surface area contributed by atoms with Crippen molar-refractivity contribution in [3.8, 4) is 0 Å². The van der Waals surface area contributed by atoms with Crippen molar-refractivity contribution in [2.75, 3.05) is 23.7 Å². The smallest absolute Gasteiger partial charge is 0.186 e. The van der Waals surface area contributed by atoms with Crippen LogP contribution in [0.2, 0.25) is 0 Å². The van der Waals surface area contributed by atoms with Gasteiger partial charge in [0.2, 0.25) is 0 Å². The van der Waals surface area contributed by atoms with Gasteiger partial charge in [-0.3, -0.25) is 0 Å². The molecule has 2 heterocycles. The fraction of sp³-hybridized carbons (Fsp3) is 0.812. The van der Waals surface area contributed by atoms with Crippen LogP contribution in [0.1, 0.15) is 57.5 Å². The molecule has 0 aromatic carbocycles. The monoisotopic (exact) mass is 327 g/mol. The van der Waals surface area contributed by atoms with E-state index in [-0.39, 0.29) is 0 Å². The van der Waals surface area contributed by atoms with E-state index >= 15 is 0 Å². The van der Waals surface area contributed by atoms with E-state index in [4.69, 9.17) is 4.98 Å². The molecule has 0 spiro atoms. The number of nitrogens with zero attached hydrogens (tertiary/aromatic N) is 2. The van der Waals surface area contributed by atoms with Crippen LogP contribution in [0.4, 0.5) is 5.13 Å². The standard InChI is InChI=1S/C16H29N3S2/c1-6-7-17-10-14-15(11(2)3)18-16(21-14)19-8-9-20-13(5)12(19)4/h11-13,17H,6-10H2,1-5H3. The molecule has 1 aliphatic rings. The van der Waals surface area contributed by atoms with Gasteiger partial charge < -0.3 is 10.2 Å². The van der Waals surface area contributed by atoms with Gasteiger partial charge in [-0.05, 0) is 25.8 Å². The van der Waals surface area contributed by atoms with Crippen LogP contribution in [0, 0.1) is 0 Å². The molecule has 1 N–H and O–H groups in total. The molecule has 0 bridgehead atoms. The van der Waals surface area contributed by atoms with Crippen molar-refractivity contribution in [3.63, 3.8) is 0 Å². The van der Waals surface area contributed by atoms with Crippen molar-refractivity contribution < 1.29 is 0 Å². The summed E-state index contributed by atoms with van der Waals surface area (Å²) in [6.45, 7) is 14.6. The Hall–Kier alpha value is -0.260. The molecule has 0 amide bonds. The first-order chi connectivity index (χ1) is 10.0. The van der Waals surface area contributed by atoms with Crippen LogP contribution in [0.5, 0.6) is 0 Å². The van der Waals surface area contributed by atoms with Crippen LogP contribution in [0.25, 0.3) is 0 Å². The van der Waals surface area contributed by atoms with Crippen molar-refractivity contribution >= 4 is 28.2 Å². The Kier molecular flexibility index (Phi) is 6.38. The number of anilines is 1. The van der Waals surface area contributed by atoms with Crippen LogP contribution in [-0.4, -0.2) is 35.1 Å². The lowest BCUT2D eigenvalue weighted by atomic mass is 10.1. The van der Waals surface area contributed by atoms with E-state index in [1.807, 2.05) is 11.3 Å². The Labute approximate surface area is 137 Å². The van der Waals surface area contributed by atoms with E-state index in [1.54, 1.807) is 0 Å². The van der Waals surface area contributed by atoms with Gasteiger partial charge in [-0.1, -0.05) is 27.7 Å². The van der Waals surface area contributed by atoms with Crippen LogP contribution in [0.3, 0.4) is 0 Å². The maximum atomic E-state index is 4.99. The highest BCUT2D eigenvalue weighted by Gasteiger charge is 2.28. The first kappa shape index (κ1) is 17.1. The Morgan fingerprint density at radius 2 is 2.14 bits per heavy atom. The minimum absolute atomic E-state index is 0.500. The predicted octanol–water partition coefficient (Wildman–Crippen LogP) is 4.10. The zero-order valence-electron chi connectivity index (χ0n) is 14.0. The first-order valence-corrected chi connectivity index (χ1v) is 9.99. The molecule has 21 heavy (non-hydrogen) atoms. The molecule has 2 unspecified atom stereocenters. The van der Waals surface area contributed by atoms with Crippen molar-refractivity contribution in [3.05, 3.63) is 10.6 Å². The lowest BCUT2D eigenvalue weighted by molar-refractivity contribution is 0.623. The number of thioether (sulfide) groups is 1. The third-order valence-corrected chi connectivity index (χ3v) is 6.55. The quantitative estimate of drug-likeness (QED) is 0.796. The third kappa shape index (κ3) is 4.14. The molecule has 120 valence electrons. The van der Waals surface area contributed by atoms with Gasteiger partial charge in [0, 0.05) is 35.0 Å². The van der Waals surface area contributed by atoms with E-state index in [9.17, 15) is 0 Å². The molecule has 0 saturated carbocycles. The summed E-state index contributed by atoms with van der Waals surface area (Å²) < 4.78 is 0. The molecule has 1 aromatic heterocycles. The van der Waals surface area contributed by atoms with Gasteiger partial charge in [-0.2, -0.15) is 11.8 Å². The second-order valence-electron chi connectivity index (χ2n) is 6.15. The number of rotatable bonds is 6. The van der Waals surface area contributed by atoms with E-state index in [2.05, 4.69) is 56.6 Å². The van der Waals surface area contributed by atoms with Crippen LogP contribution in [-0.2, 0) is 6.54 Å². The second-order valence-corrected chi connectivity index (χ2v) is 8.69. The van der Waals surface area contributed by atoms with Crippen LogP contribution in [0.15, 0.2) is 0 Å². The zero-order valence-corrected chi connectivity index (χ0v) is 15.6. The lowest BCUT2D eigenvalue weighted by Crippen LogP contribution is -2.44. The Morgan fingerprint density at radius 1 is 1.38 bits per heavy atom. The third-order valence-electron chi connectivity index (χ3n) is 4.11. The maximum Gasteiger partial charge on any atom is 0.186 e. The Balaban J connectivity index is 2.17. The highest BCUT2D eigenvalue weighted by atomic mass is 32.2. The number of hydrogen-bond acceptors (Lipinski definition) is 5. The Morgan fingerprint density at radius 3 is 2.81 bits per heavy atom. The van der Waals surface area contributed by atoms with E-state index in [0.717, 1.165) is 19.6 Å². The summed E-state index contributed by atoms with van der Waals surface area (Å²) in [6.07, 6.45) is 1.18. The van der Waals surface area contributed by atoms with E-state index in [1.165, 1.54) is 27.9 Å². The Bertz CT molecular complexity index is 445. The average Bonchev–Trinajstić information content (AvgIpc) is 2.86. The van der Waals surface area contributed by atoms with Crippen molar-refractivity contribution in [2.45, 2.75) is 64.8 Å². The summed E-state index contributed by atoms with van der Waals surface area (Å²) in [6, 6.07) is 0.575. The van der Waals surface area contributed by atoms with Crippen LogP contribution >= 0.6 is 23.1 Å².